The van der Waals surface area contributed by atoms with Crippen molar-refractivity contribution in [3.8, 4) is 17.2 Å². The van der Waals surface area contributed by atoms with Crippen LogP contribution in [0.1, 0.15) is 19.2 Å². The van der Waals surface area contributed by atoms with Crippen LogP contribution in [-0.4, -0.2) is 29.0 Å². The van der Waals surface area contributed by atoms with Crippen molar-refractivity contribution < 1.29 is 9.47 Å². The van der Waals surface area contributed by atoms with Crippen LogP contribution in [0.3, 0.4) is 0 Å². The highest BCUT2D eigenvalue weighted by Gasteiger charge is 2.18. The van der Waals surface area contributed by atoms with E-state index < -0.39 is 0 Å². The Balaban J connectivity index is 2.62. The van der Waals surface area contributed by atoms with E-state index in [2.05, 4.69) is 17.1 Å². The molecule has 0 atom stereocenters. The van der Waals surface area contributed by atoms with Crippen molar-refractivity contribution in [3.05, 3.63) is 28.3 Å². The molecular formula is C13H15Cl2N3O2. The van der Waals surface area contributed by atoms with E-state index in [1.54, 1.807) is 30.9 Å². The first-order chi connectivity index (χ1) is 9.62. The van der Waals surface area contributed by atoms with Crippen molar-refractivity contribution in [1.29, 1.82) is 0 Å². The Labute approximate surface area is 127 Å². The molecule has 0 saturated heterocycles. The van der Waals surface area contributed by atoms with Gasteiger partial charge in [0, 0.05) is 12.5 Å². The molecule has 0 aliphatic heterocycles. The second-order valence-electron chi connectivity index (χ2n) is 4.13. The fourth-order valence-electron chi connectivity index (χ4n) is 1.94. The van der Waals surface area contributed by atoms with E-state index in [9.17, 15) is 0 Å². The molecule has 0 unspecified atom stereocenters. The predicted octanol–water partition coefficient (Wildman–Crippen LogP) is 3.54. The number of halogens is 2. The van der Waals surface area contributed by atoms with Gasteiger partial charge in [-0.1, -0.05) is 18.5 Å². The van der Waals surface area contributed by atoms with Crippen molar-refractivity contribution in [3.63, 3.8) is 0 Å². The normalized spacial score (nSPS) is 10.7. The van der Waals surface area contributed by atoms with Crippen molar-refractivity contribution in [2.75, 3.05) is 14.2 Å². The Morgan fingerprint density at radius 1 is 1.10 bits per heavy atom. The van der Waals surface area contributed by atoms with Gasteiger partial charge in [0.05, 0.1) is 24.9 Å². The van der Waals surface area contributed by atoms with E-state index in [-0.39, 0.29) is 5.28 Å². The SMILES string of the molecule is CCCc1nnc(Cl)n1-c1cc(Cl)c(OC)cc1OC. The summed E-state index contributed by atoms with van der Waals surface area (Å²) < 4.78 is 12.3. The molecule has 0 saturated carbocycles. The highest BCUT2D eigenvalue weighted by Crippen LogP contribution is 2.36. The van der Waals surface area contributed by atoms with Crippen LogP contribution < -0.4 is 9.47 Å². The maximum atomic E-state index is 6.18. The molecule has 1 aromatic heterocycles. The second-order valence-corrected chi connectivity index (χ2v) is 4.87. The van der Waals surface area contributed by atoms with Gasteiger partial charge in [-0.05, 0) is 24.1 Å². The molecule has 7 heteroatoms. The van der Waals surface area contributed by atoms with Crippen LogP contribution in [0.5, 0.6) is 11.5 Å². The van der Waals surface area contributed by atoms with Crippen molar-refractivity contribution in [1.82, 2.24) is 14.8 Å². The first kappa shape index (κ1) is 14.9. The van der Waals surface area contributed by atoms with Gasteiger partial charge in [-0.2, -0.15) is 0 Å². The second kappa shape index (κ2) is 6.33. The fourth-order valence-corrected chi connectivity index (χ4v) is 2.40. The Bertz CT molecular complexity index is 614. The summed E-state index contributed by atoms with van der Waals surface area (Å²) in [6.07, 6.45) is 1.69. The van der Waals surface area contributed by atoms with Gasteiger partial charge >= 0.3 is 0 Å². The molecule has 0 spiro atoms. The van der Waals surface area contributed by atoms with E-state index in [1.165, 1.54) is 0 Å². The number of methoxy groups -OCH3 is 2. The van der Waals surface area contributed by atoms with E-state index in [0.29, 0.717) is 22.2 Å². The number of benzene rings is 1. The van der Waals surface area contributed by atoms with Crippen molar-refractivity contribution >= 4 is 23.2 Å². The first-order valence-electron chi connectivity index (χ1n) is 6.14. The molecule has 0 radical (unpaired) electrons. The van der Waals surface area contributed by atoms with E-state index in [1.807, 2.05) is 0 Å². The molecule has 0 aliphatic carbocycles. The smallest absolute Gasteiger partial charge is 0.229 e. The zero-order valence-electron chi connectivity index (χ0n) is 11.5. The Morgan fingerprint density at radius 3 is 2.40 bits per heavy atom. The molecule has 0 bridgehead atoms. The molecular weight excluding hydrogens is 301 g/mol. The molecule has 0 amide bonds. The average Bonchev–Trinajstić information content (AvgIpc) is 2.80. The number of rotatable bonds is 5. The number of ether oxygens (including phenoxy) is 2. The number of hydrogen-bond acceptors (Lipinski definition) is 4. The largest absolute Gasteiger partial charge is 0.495 e. The summed E-state index contributed by atoms with van der Waals surface area (Å²) in [6, 6.07) is 3.44. The van der Waals surface area contributed by atoms with Crippen LogP contribution in [0.15, 0.2) is 12.1 Å². The quantitative estimate of drug-likeness (QED) is 0.846. The lowest BCUT2D eigenvalue weighted by Gasteiger charge is -2.14. The van der Waals surface area contributed by atoms with Gasteiger partial charge in [0.1, 0.15) is 17.3 Å². The third-order valence-electron chi connectivity index (χ3n) is 2.86. The Kier molecular flexibility index (Phi) is 4.73. The zero-order chi connectivity index (χ0) is 14.7. The molecule has 20 heavy (non-hydrogen) atoms. The van der Waals surface area contributed by atoms with E-state index in [0.717, 1.165) is 18.7 Å². The first-order valence-corrected chi connectivity index (χ1v) is 6.89. The van der Waals surface area contributed by atoms with Crippen LogP contribution >= 0.6 is 23.2 Å². The van der Waals surface area contributed by atoms with Crippen LogP contribution in [0, 0.1) is 0 Å². The van der Waals surface area contributed by atoms with Gasteiger partial charge in [0.2, 0.25) is 5.28 Å². The molecule has 2 aromatic rings. The van der Waals surface area contributed by atoms with Crippen LogP contribution in [-0.2, 0) is 6.42 Å². The summed E-state index contributed by atoms with van der Waals surface area (Å²) in [5.74, 6) is 1.89. The molecule has 0 fully saturated rings. The summed E-state index contributed by atoms with van der Waals surface area (Å²) in [5, 5.41) is 8.73. The fraction of sp³-hybridized carbons (Fsp3) is 0.385. The molecule has 5 nitrogen and oxygen atoms in total. The minimum atomic E-state index is 0.271. The third-order valence-corrected chi connectivity index (χ3v) is 3.40. The van der Waals surface area contributed by atoms with Gasteiger partial charge < -0.3 is 9.47 Å². The van der Waals surface area contributed by atoms with Gasteiger partial charge in [0.25, 0.3) is 0 Å². The summed E-state index contributed by atoms with van der Waals surface area (Å²) in [4.78, 5) is 0. The summed E-state index contributed by atoms with van der Waals surface area (Å²) in [7, 11) is 3.12. The summed E-state index contributed by atoms with van der Waals surface area (Å²) >= 11 is 12.3. The van der Waals surface area contributed by atoms with Crippen LogP contribution in [0.4, 0.5) is 0 Å². The molecule has 0 N–H and O–H groups in total. The lowest BCUT2D eigenvalue weighted by molar-refractivity contribution is 0.393. The van der Waals surface area contributed by atoms with Gasteiger partial charge in [0.15, 0.2) is 0 Å². The average molecular weight is 316 g/mol. The third kappa shape index (κ3) is 2.69. The molecule has 108 valence electrons. The summed E-state index contributed by atoms with van der Waals surface area (Å²) in [5.41, 5.74) is 0.691. The number of hydrogen-bond donors (Lipinski definition) is 0. The molecule has 0 aliphatic rings. The van der Waals surface area contributed by atoms with Gasteiger partial charge in [-0.25, -0.2) is 0 Å². The van der Waals surface area contributed by atoms with Crippen molar-refractivity contribution in [2.45, 2.75) is 19.8 Å². The maximum absolute atomic E-state index is 6.18. The van der Waals surface area contributed by atoms with Crippen LogP contribution in [0.2, 0.25) is 10.3 Å². The monoisotopic (exact) mass is 315 g/mol. The topological polar surface area (TPSA) is 49.2 Å². The molecule has 2 rings (SSSR count). The van der Waals surface area contributed by atoms with Gasteiger partial charge in [-0.3, -0.25) is 4.57 Å². The Morgan fingerprint density at radius 2 is 1.80 bits per heavy atom. The van der Waals surface area contributed by atoms with E-state index >= 15 is 0 Å². The zero-order valence-corrected chi connectivity index (χ0v) is 13.0. The highest BCUT2D eigenvalue weighted by atomic mass is 35.5. The maximum Gasteiger partial charge on any atom is 0.229 e. The Hall–Kier alpha value is -1.46. The molecule has 1 aromatic carbocycles. The predicted molar refractivity (Wildman–Crippen MR) is 78.5 cm³/mol. The van der Waals surface area contributed by atoms with Gasteiger partial charge in [-0.15, -0.1) is 10.2 Å². The number of aromatic nitrogens is 3. The minimum absolute atomic E-state index is 0.271. The highest BCUT2D eigenvalue weighted by molar-refractivity contribution is 6.32. The van der Waals surface area contributed by atoms with E-state index in [4.69, 9.17) is 32.7 Å². The minimum Gasteiger partial charge on any atom is -0.495 e. The lowest BCUT2D eigenvalue weighted by atomic mass is 10.2. The van der Waals surface area contributed by atoms with Crippen molar-refractivity contribution in [2.24, 2.45) is 0 Å². The summed E-state index contributed by atoms with van der Waals surface area (Å²) in [6.45, 7) is 2.06. The number of aryl methyl sites for hydroxylation is 1. The van der Waals surface area contributed by atoms with Crippen LogP contribution in [0.25, 0.3) is 5.69 Å². The lowest BCUT2D eigenvalue weighted by Crippen LogP contribution is -2.04. The standard InChI is InChI=1S/C13H15Cl2N3O2/c1-4-5-12-16-17-13(15)18(12)9-6-8(14)10(19-2)7-11(9)20-3/h6-7H,4-5H2,1-3H3. The number of nitrogens with zero attached hydrogens (tertiary/aromatic N) is 3. The molecule has 1 heterocycles.